The summed E-state index contributed by atoms with van der Waals surface area (Å²) in [5.41, 5.74) is 0. The molecule has 0 aromatic heterocycles. The van der Waals surface area contributed by atoms with Crippen molar-refractivity contribution in [2.24, 2.45) is 0 Å². The molecule has 0 spiro atoms. The van der Waals surface area contributed by atoms with Gasteiger partial charge in [0.25, 0.3) is 0 Å². The van der Waals surface area contributed by atoms with Crippen LogP contribution >= 0.6 is 0 Å². The van der Waals surface area contributed by atoms with Crippen molar-refractivity contribution in [1.82, 2.24) is 4.89 Å². The van der Waals surface area contributed by atoms with Gasteiger partial charge in [0.15, 0.2) is 6.79 Å². The van der Waals surface area contributed by atoms with E-state index < -0.39 is 10.0 Å². The number of rotatable bonds is 4. The molecule has 56 valence electrons. The molecule has 1 N–H and O–H groups in total. The number of hydrogen-bond acceptors (Lipinski definition) is 4. The van der Waals surface area contributed by atoms with E-state index in [1.807, 2.05) is 0 Å². The van der Waals surface area contributed by atoms with Crippen LogP contribution in [0, 0.1) is 0 Å². The molecule has 0 aliphatic heterocycles. The summed E-state index contributed by atoms with van der Waals surface area (Å²) in [6.45, 7) is -0.0902. The van der Waals surface area contributed by atoms with Crippen molar-refractivity contribution in [1.29, 1.82) is 0 Å². The Morgan fingerprint density at radius 3 is 2.44 bits per heavy atom. The van der Waals surface area contributed by atoms with E-state index in [0.29, 0.717) is 0 Å². The van der Waals surface area contributed by atoms with Gasteiger partial charge >= 0.3 is 0 Å². The molecular weight excluding hydrogens is 146 g/mol. The molecular formula is C3H9NO4S. The molecule has 0 radical (unpaired) electrons. The Kier molecular flexibility index (Phi) is 3.71. The first-order valence-corrected chi connectivity index (χ1v) is 4.03. The fourth-order valence-electron chi connectivity index (χ4n) is 0.190. The standard InChI is InChI=1S/C3H9NO4S/c1-7-3-8-4-9(2,5)6/h4H,3H2,1-2H3. The molecule has 5 nitrogen and oxygen atoms in total. The first-order chi connectivity index (χ1) is 4.06. The average molecular weight is 155 g/mol. The van der Waals surface area contributed by atoms with E-state index in [2.05, 4.69) is 9.57 Å². The predicted molar refractivity (Wildman–Crippen MR) is 30.9 cm³/mol. The summed E-state index contributed by atoms with van der Waals surface area (Å²) in [7, 11) is -1.86. The van der Waals surface area contributed by atoms with Gasteiger partial charge in [-0.1, -0.05) is 4.89 Å². The van der Waals surface area contributed by atoms with Gasteiger partial charge in [-0.2, -0.15) is 0 Å². The quantitative estimate of drug-likeness (QED) is 0.323. The Morgan fingerprint density at radius 1 is 1.56 bits per heavy atom. The molecule has 6 heteroatoms. The fourth-order valence-corrected chi connectivity index (χ4v) is 0.452. The highest BCUT2D eigenvalue weighted by molar-refractivity contribution is 7.88. The van der Waals surface area contributed by atoms with Gasteiger partial charge in [0, 0.05) is 7.11 Å². The van der Waals surface area contributed by atoms with Crippen molar-refractivity contribution in [2.45, 2.75) is 0 Å². The van der Waals surface area contributed by atoms with E-state index in [0.717, 1.165) is 6.26 Å². The first-order valence-electron chi connectivity index (χ1n) is 2.14. The molecule has 9 heavy (non-hydrogen) atoms. The fraction of sp³-hybridized carbons (Fsp3) is 1.00. The van der Waals surface area contributed by atoms with Crippen LogP contribution in [0.3, 0.4) is 0 Å². The number of nitrogens with one attached hydrogen (secondary N) is 1. The summed E-state index contributed by atoms with van der Waals surface area (Å²) in [5, 5.41) is 0. The van der Waals surface area contributed by atoms with Gasteiger partial charge in [-0.05, 0) is 0 Å². The van der Waals surface area contributed by atoms with Gasteiger partial charge in [0.2, 0.25) is 10.0 Å². The van der Waals surface area contributed by atoms with Crippen molar-refractivity contribution < 1.29 is 18.0 Å². The second-order valence-corrected chi connectivity index (χ2v) is 3.12. The van der Waals surface area contributed by atoms with Crippen LogP contribution in [0.5, 0.6) is 0 Å². The van der Waals surface area contributed by atoms with Gasteiger partial charge in [0.05, 0.1) is 6.26 Å². The minimum atomic E-state index is -3.25. The highest BCUT2D eigenvalue weighted by atomic mass is 32.2. The Labute approximate surface area is 54.0 Å². The molecule has 0 bridgehead atoms. The van der Waals surface area contributed by atoms with Crippen molar-refractivity contribution >= 4 is 10.0 Å². The zero-order valence-corrected chi connectivity index (χ0v) is 6.06. The van der Waals surface area contributed by atoms with Crippen molar-refractivity contribution in [3.05, 3.63) is 0 Å². The summed E-state index contributed by atoms with van der Waals surface area (Å²) in [4.78, 5) is 6.06. The van der Waals surface area contributed by atoms with Gasteiger partial charge in [-0.3, -0.25) is 4.84 Å². The number of methoxy groups -OCH3 is 1. The maximum Gasteiger partial charge on any atom is 0.230 e. The van der Waals surface area contributed by atoms with Gasteiger partial charge < -0.3 is 4.74 Å². The van der Waals surface area contributed by atoms with Crippen LogP contribution in [0.15, 0.2) is 0 Å². The minimum Gasteiger partial charge on any atom is -0.357 e. The molecule has 0 amide bonds. The third-order valence-electron chi connectivity index (χ3n) is 0.387. The van der Waals surface area contributed by atoms with E-state index in [1.165, 1.54) is 7.11 Å². The zero-order valence-electron chi connectivity index (χ0n) is 5.25. The van der Waals surface area contributed by atoms with Gasteiger partial charge in [-0.25, -0.2) is 8.42 Å². The van der Waals surface area contributed by atoms with Gasteiger partial charge in [0.1, 0.15) is 0 Å². The second-order valence-electron chi connectivity index (χ2n) is 1.41. The van der Waals surface area contributed by atoms with Crippen LogP contribution < -0.4 is 4.89 Å². The molecule has 0 saturated heterocycles. The maximum atomic E-state index is 10.2. The molecule has 0 unspecified atom stereocenters. The molecule has 0 aromatic rings. The molecule has 0 fully saturated rings. The Morgan fingerprint density at radius 2 is 2.11 bits per heavy atom. The maximum absolute atomic E-state index is 10.2. The zero-order chi connectivity index (χ0) is 7.33. The van der Waals surface area contributed by atoms with Crippen LogP contribution in [0.4, 0.5) is 0 Å². The summed E-state index contributed by atoms with van der Waals surface area (Å²) in [6.07, 6.45) is 0.989. The molecule has 0 heterocycles. The van der Waals surface area contributed by atoms with E-state index in [9.17, 15) is 8.42 Å². The largest absolute Gasteiger partial charge is 0.357 e. The van der Waals surface area contributed by atoms with Crippen LogP contribution in [-0.2, 0) is 19.6 Å². The van der Waals surface area contributed by atoms with E-state index in [1.54, 1.807) is 4.89 Å². The number of hydrogen-bond donors (Lipinski definition) is 1. The van der Waals surface area contributed by atoms with Crippen LogP contribution in [0.2, 0.25) is 0 Å². The molecule has 0 aliphatic carbocycles. The lowest BCUT2D eigenvalue weighted by Gasteiger charge is -1.99. The lowest BCUT2D eigenvalue weighted by Crippen LogP contribution is -2.23. The number of ether oxygens (including phenoxy) is 1. The van der Waals surface area contributed by atoms with E-state index >= 15 is 0 Å². The Balaban J connectivity index is 3.30. The molecule has 0 saturated carbocycles. The molecule has 0 aliphatic rings. The summed E-state index contributed by atoms with van der Waals surface area (Å²) in [6, 6.07) is 0. The third-order valence-corrected chi connectivity index (χ3v) is 0.808. The van der Waals surface area contributed by atoms with Crippen LogP contribution in [0.25, 0.3) is 0 Å². The molecule has 0 aromatic carbocycles. The van der Waals surface area contributed by atoms with Crippen LogP contribution in [-0.4, -0.2) is 28.6 Å². The van der Waals surface area contributed by atoms with Crippen molar-refractivity contribution in [3.8, 4) is 0 Å². The highest BCUT2D eigenvalue weighted by Gasteiger charge is 1.96. The van der Waals surface area contributed by atoms with Crippen molar-refractivity contribution in [2.75, 3.05) is 20.2 Å². The number of sulfonamides is 1. The monoisotopic (exact) mass is 155 g/mol. The topological polar surface area (TPSA) is 64.6 Å². The van der Waals surface area contributed by atoms with E-state index in [4.69, 9.17) is 0 Å². The van der Waals surface area contributed by atoms with Crippen molar-refractivity contribution in [3.63, 3.8) is 0 Å². The minimum absolute atomic E-state index is 0.0902. The lowest BCUT2D eigenvalue weighted by atomic mass is 11.4. The summed E-state index contributed by atoms with van der Waals surface area (Å²) >= 11 is 0. The Bertz CT molecular complexity index is 151. The van der Waals surface area contributed by atoms with Gasteiger partial charge in [-0.15, -0.1) is 0 Å². The smallest absolute Gasteiger partial charge is 0.230 e. The summed E-state index contributed by atoms with van der Waals surface area (Å²) < 4.78 is 24.8. The second kappa shape index (κ2) is 3.78. The van der Waals surface area contributed by atoms with E-state index in [-0.39, 0.29) is 6.79 Å². The molecule has 0 atom stereocenters. The summed E-state index contributed by atoms with van der Waals surface area (Å²) in [5.74, 6) is 0. The predicted octanol–water partition coefficient (Wildman–Crippen LogP) is -0.929. The lowest BCUT2D eigenvalue weighted by molar-refractivity contribution is -0.0538. The SMILES string of the molecule is COCONS(C)(=O)=O. The average Bonchev–Trinajstić information content (AvgIpc) is 1.63. The Hall–Kier alpha value is -0.170. The first kappa shape index (κ1) is 8.83. The highest BCUT2D eigenvalue weighted by Crippen LogP contribution is 1.74. The third kappa shape index (κ3) is 7.83. The van der Waals surface area contributed by atoms with Crippen LogP contribution in [0.1, 0.15) is 0 Å². The molecule has 0 rings (SSSR count). The normalized spacial score (nSPS) is 11.8.